The molecule has 0 aliphatic carbocycles. The van der Waals surface area contributed by atoms with E-state index >= 15 is 0 Å². The Balaban J connectivity index is 0.000000276. The van der Waals surface area contributed by atoms with Crippen LogP contribution in [0.5, 0.6) is 86.2 Å². The van der Waals surface area contributed by atoms with Crippen LogP contribution < -0.4 is 129 Å². The third-order valence-electron chi connectivity index (χ3n) is 19.8. The molecular weight excluding hydrogens is 1820 g/mol. The summed E-state index contributed by atoms with van der Waals surface area (Å²) >= 11 is 0. The van der Waals surface area contributed by atoms with Crippen molar-refractivity contribution in [3.63, 3.8) is 0 Å². The van der Waals surface area contributed by atoms with Crippen molar-refractivity contribution in [3.8, 4) is 86.2 Å². The summed E-state index contributed by atoms with van der Waals surface area (Å²) in [7, 11) is 17.0. The Morgan fingerprint density at radius 3 is 0.871 bits per heavy atom. The number of unbranched alkanes of at least 4 members (excludes halogenated alkanes) is 3. The van der Waals surface area contributed by atoms with E-state index in [4.69, 9.17) is 148 Å². The molecular formula is C95H133N21O24. The van der Waals surface area contributed by atoms with Gasteiger partial charge in [-0.15, -0.1) is 0 Å². The Morgan fingerprint density at radius 1 is 0.329 bits per heavy atom. The van der Waals surface area contributed by atoms with Crippen LogP contribution in [0.15, 0.2) is 91.6 Å². The number of phenolic OH excluding ortho intramolecular Hbond substituents is 1. The molecule has 10 aromatic rings. The van der Waals surface area contributed by atoms with Gasteiger partial charge < -0.3 is 158 Å². The van der Waals surface area contributed by atoms with Crippen molar-refractivity contribution in [2.24, 2.45) is 0 Å². The minimum Gasteiger partial charge on any atom is -0.502 e. The summed E-state index contributed by atoms with van der Waals surface area (Å²) in [4.78, 5) is 85.3. The third kappa shape index (κ3) is 38.5. The first-order valence-electron chi connectivity index (χ1n) is 44.3. The number of nitrogen functional groups attached to an aromatic ring is 10. The smallest absolute Gasteiger partial charge is 0.306 e. The van der Waals surface area contributed by atoms with Gasteiger partial charge in [-0.1, -0.05) is 0 Å². The molecule has 10 rings (SSSR count). The number of benzene rings is 5. The zero-order valence-electron chi connectivity index (χ0n) is 82.0. The minimum absolute atomic E-state index is 0.0414. The second kappa shape index (κ2) is 59.3. The van der Waals surface area contributed by atoms with Crippen molar-refractivity contribution in [3.05, 3.63) is 147 Å². The molecule has 0 aliphatic heterocycles. The summed E-state index contributed by atoms with van der Waals surface area (Å²) in [5, 5.41) is 21.4. The molecule has 23 N–H and O–H groups in total. The zero-order valence-corrected chi connectivity index (χ0v) is 82.0. The zero-order chi connectivity index (χ0) is 103. The molecule has 0 bridgehead atoms. The largest absolute Gasteiger partial charge is 0.502 e. The number of amides is 1. The monoisotopic (exact) mass is 1950 g/mol. The highest BCUT2D eigenvalue weighted by molar-refractivity contribution is 5.76. The number of methoxy groups -OCH3 is 11. The highest BCUT2D eigenvalue weighted by atomic mass is 16.6. The van der Waals surface area contributed by atoms with Gasteiger partial charge >= 0.3 is 17.9 Å². The molecule has 0 saturated heterocycles. The number of nitrogens with two attached hydrogens (primary N) is 10. The molecule has 1 amide bonds. The summed E-state index contributed by atoms with van der Waals surface area (Å²) in [6.45, 7) is 11.0. The number of rotatable bonds is 50. The number of carboxylic acid groups (broad SMARTS) is 1. The molecule has 45 nitrogen and oxygen atoms in total. The third-order valence-corrected chi connectivity index (χ3v) is 19.8. The normalized spacial score (nSPS) is 10.6. The second-order valence-corrected chi connectivity index (χ2v) is 31.3. The van der Waals surface area contributed by atoms with E-state index in [1.54, 1.807) is 99.8 Å². The maximum Gasteiger partial charge on any atom is 0.306 e. The molecule has 5 heterocycles. The van der Waals surface area contributed by atoms with Crippen LogP contribution in [0.1, 0.15) is 154 Å². The van der Waals surface area contributed by atoms with Gasteiger partial charge in [0.2, 0.25) is 64.4 Å². The quantitative estimate of drug-likeness (QED) is 0.0125. The van der Waals surface area contributed by atoms with E-state index in [0.29, 0.717) is 265 Å². The summed E-state index contributed by atoms with van der Waals surface area (Å²) < 4.78 is 97.7. The number of hydrogen-bond acceptors (Lipinski definition) is 43. The molecule has 5 aromatic carbocycles. The molecule has 140 heavy (non-hydrogen) atoms. The Labute approximate surface area is 813 Å². The van der Waals surface area contributed by atoms with E-state index in [0.717, 1.165) is 55.6 Å². The first-order chi connectivity index (χ1) is 67.1. The maximum atomic E-state index is 12.1. The number of esters is 2. The Morgan fingerprint density at radius 2 is 0.600 bits per heavy atom. The van der Waals surface area contributed by atoms with Gasteiger partial charge in [-0.2, -0.15) is 24.9 Å². The van der Waals surface area contributed by atoms with Crippen LogP contribution in [0.2, 0.25) is 0 Å². The maximum absolute atomic E-state index is 12.1. The number of nitrogens with one attached hydrogen (secondary N) is 1. The van der Waals surface area contributed by atoms with E-state index in [-0.39, 0.29) is 59.8 Å². The predicted octanol–water partition coefficient (Wildman–Crippen LogP) is 9.53. The van der Waals surface area contributed by atoms with Crippen molar-refractivity contribution in [1.82, 2.24) is 55.2 Å². The number of aliphatic carboxylic acids is 1. The lowest BCUT2D eigenvalue weighted by molar-refractivity contribution is -0.155. The fourth-order valence-electron chi connectivity index (χ4n) is 13.1. The summed E-state index contributed by atoms with van der Waals surface area (Å²) in [5.74, 6) is 7.97. The molecule has 45 heteroatoms. The number of phenols is 1. The molecule has 0 atom stereocenters. The van der Waals surface area contributed by atoms with Crippen molar-refractivity contribution in [2.45, 2.75) is 136 Å². The van der Waals surface area contributed by atoms with E-state index in [1.807, 2.05) is 69.3 Å². The number of carboxylic acids is 1. The number of ether oxygens (including phenoxy) is 18. The van der Waals surface area contributed by atoms with E-state index in [1.165, 1.54) is 28.4 Å². The van der Waals surface area contributed by atoms with Gasteiger partial charge in [0.25, 0.3) is 0 Å². The number of aromatic nitrogens is 10. The average Bonchev–Trinajstić information content (AvgIpc) is 0.838. The minimum atomic E-state index is -0.819. The fraction of sp³-hybridized carbons (Fsp3) is 0.432. The average molecular weight is 1950 g/mol. The topological polar surface area (TPSA) is 676 Å². The van der Waals surface area contributed by atoms with Gasteiger partial charge in [-0.25, -0.2) is 24.9 Å². The lowest BCUT2D eigenvalue weighted by atomic mass is 10.1. The van der Waals surface area contributed by atoms with Crippen molar-refractivity contribution < 1.29 is 115 Å². The number of anilines is 10. The molecule has 0 saturated carbocycles. The van der Waals surface area contributed by atoms with E-state index in [2.05, 4.69) is 55.2 Å². The van der Waals surface area contributed by atoms with Gasteiger partial charge in [0.15, 0.2) is 57.5 Å². The predicted molar refractivity (Wildman–Crippen MR) is 526 cm³/mol. The summed E-state index contributed by atoms with van der Waals surface area (Å²) in [6, 6.07) is 18.2. The number of hydrogen-bond donors (Lipinski definition) is 13. The SMILES string of the molecule is CCOC(=O)CCCCOc1c(OC)cc(Cc2cnc(N)nc2N)cc1OC.COc1cc(Cc2cnc(N)nc2N)cc(OC)c1O.COc1cc(Cc2cnc(N)nc2N)cc(OC)c1OC.COc1cc(Cc2cnc(N)nc2N)cc(OC)c1OCCCCC(=O)NCCOCCOCCCC(=O)OC(C)(C)C.COc1cc(Cc2cnc(N)nc2N)cc(OC)c1OCCCCC(=O)O. The van der Waals surface area contributed by atoms with Crippen LogP contribution in [0.4, 0.5) is 58.8 Å². The lowest BCUT2D eigenvalue weighted by Crippen LogP contribution is -2.27. The van der Waals surface area contributed by atoms with Gasteiger partial charge in [0.05, 0.1) is 124 Å². The highest BCUT2D eigenvalue weighted by Crippen LogP contribution is 2.44. The first-order valence-corrected chi connectivity index (χ1v) is 44.3. The van der Waals surface area contributed by atoms with Gasteiger partial charge in [-0.05, 0) is 161 Å². The molecule has 0 unspecified atom stereocenters. The van der Waals surface area contributed by atoms with E-state index in [9.17, 15) is 24.3 Å². The molecule has 0 fully saturated rings. The standard InChI is InChI=1S/C30H47N5O8.C20H28N4O5.C18H24N4O5.C14H18N4O3.C13H16N4O3/c1-30(2,3)43-26(37)10-8-12-40-15-16-41-14-11-33-25(36)9-6-7-13-42-27-23(38-4)18-21(19-24(27)39-5)17-22-20-34-29(32)35-28(22)31;1-4-28-17(25)7-5-6-8-29-18-15(26-2)10-13(11-16(18)27-3)9-14-12-23-20(22)24-19(14)21;1-25-13-8-11(7-12-10-21-18(20)22-17(12)19)9-14(26-2)16(13)27-6-4-3-5-15(23)24;1-19-10-5-8(6-11(20-2)12(10)21-3)4-9-7-17-14(16)18-13(9)15;1-19-9-4-7(5-10(20-2)11(9)18)3-8-6-16-13(15)17-12(8)14/h18-20H,6-17H2,1-5H3,(H,33,36)(H4,31,32,34,35);10-12H,4-9H2,1-3H3,(H4,21,22,23,24);8-10H,3-7H2,1-2H3,(H,23,24)(H4,19,20,21,22);5-7H,4H2,1-3H3,(H4,15,16,17,18);4-6,18H,3H2,1-2H3,(H4,14,15,16,17). The van der Waals surface area contributed by atoms with Crippen molar-refractivity contribution >= 4 is 82.6 Å². The summed E-state index contributed by atoms with van der Waals surface area (Å²) in [6.07, 6.45) is 16.0. The molecule has 762 valence electrons. The number of carbonyl (C=O) groups excluding carboxylic acids is 3. The second-order valence-electron chi connectivity index (χ2n) is 31.3. The Bertz CT molecular complexity index is 5480. The Kier molecular flexibility index (Phi) is 47.9. The highest BCUT2D eigenvalue weighted by Gasteiger charge is 2.24. The Hall–Kier alpha value is -15.7. The molecule has 5 aromatic heterocycles. The van der Waals surface area contributed by atoms with Gasteiger partial charge in [0.1, 0.15) is 34.7 Å². The number of nitrogens with zero attached hydrogens (tertiary/aromatic N) is 10. The summed E-state index contributed by atoms with van der Waals surface area (Å²) in [5.41, 5.74) is 64.7. The van der Waals surface area contributed by atoms with Crippen LogP contribution >= 0.6 is 0 Å². The van der Waals surface area contributed by atoms with Crippen LogP contribution in [-0.4, -0.2) is 227 Å². The molecule has 0 spiro atoms. The van der Waals surface area contributed by atoms with Crippen molar-refractivity contribution in [1.29, 1.82) is 0 Å². The fourth-order valence-corrected chi connectivity index (χ4v) is 13.1. The lowest BCUT2D eigenvalue weighted by Gasteiger charge is -2.19. The number of aromatic hydroxyl groups is 1. The van der Waals surface area contributed by atoms with E-state index < -0.39 is 11.6 Å². The van der Waals surface area contributed by atoms with Crippen LogP contribution in [0.25, 0.3) is 0 Å². The molecule has 0 radical (unpaired) electrons. The van der Waals surface area contributed by atoms with Crippen LogP contribution in [0.3, 0.4) is 0 Å². The van der Waals surface area contributed by atoms with Gasteiger partial charge in [0, 0.05) is 130 Å². The van der Waals surface area contributed by atoms with Crippen LogP contribution in [-0.2, 0) is 70.2 Å². The molecule has 0 aliphatic rings. The number of carbonyl (C=O) groups is 4. The van der Waals surface area contributed by atoms with Crippen LogP contribution in [0, 0.1) is 0 Å². The first kappa shape index (κ1) is 113. The van der Waals surface area contributed by atoms with Gasteiger partial charge in [-0.3, -0.25) is 19.2 Å². The van der Waals surface area contributed by atoms with Crippen molar-refractivity contribution in [2.75, 3.05) is 195 Å².